The van der Waals surface area contributed by atoms with Crippen LogP contribution in [-0.2, 0) is 9.53 Å². The fraction of sp³-hybridized carbons (Fsp3) is 0.867. The molecule has 24 heavy (non-hydrogen) atoms. The first-order valence-corrected chi connectivity index (χ1v) is 8.18. The maximum atomic E-state index is 11.8. The Labute approximate surface area is 142 Å². The van der Waals surface area contributed by atoms with Gasteiger partial charge in [-0.2, -0.15) is 0 Å². The molecule has 1 fully saturated rings. The second-order valence-corrected chi connectivity index (χ2v) is 6.56. The molecule has 9 nitrogen and oxygen atoms in total. The molecule has 0 spiro atoms. The summed E-state index contributed by atoms with van der Waals surface area (Å²) < 4.78 is 5.53. The molecular formula is C15H30N4O5. The molecule has 0 radical (unpaired) electrons. The number of nitrogens with one attached hydrogen (secondary N) is 3. The molecule has 1 aliphatic rings. The number of carbonyl (C=O) groups is 2. The summed E-state index contributed by atoms with van der Waals surface area (Å²) in [4.78, 5) is 25.3. The Bertz CT molecular complexity index is 419. The molecule has 4 atom stereocenters. The van der Waals surface area contributed by atoms with Crippen molar-refractivity contribution in [3.05, 3.63) is 0 Å². The summed E-state index contributed by atoms with van der Waals surface area (Å²) in [6, 6.07) is -0.385. The van der Waals surface area contributed by atoms with Crippen LogP contribution in [0.15, 0.2) is 0 Å². The molecule has 3 amide bonds. The molecule has 0 saturated carbocycles. The smallest absolute Gasteiger partial charge is 0.315 e. The van der Waals surface area contributed by atoms with E-state index in [0.717, 1.165) is 0 Å². The monoisotopic (exact) mass is 346 g/mol. The molecule has 9 heteroatoms. The fourth-order valence-corrected chi connectivity index (χ4v) is 2.34. The minimum absolute atomic E-state index is 0.0105. The zero-order valence-corrected chi connectivity index (χ0v) is 14.8. The first kappa shape index (κ1) is 20.6. The molecule has 5 N–H and O–H groups in total. The van der Waals surface area contributed by atoms with Crippen molar-refractivity contribution in [1.82, 2.24) is 20.9 Å². The summed E-state index contributed by atoms with van der Waals surface area (Å²) in [6.07, 6.45) is -3.90. The molecule has 1 heterocycles. The zero-order chi connectivity index (χ0) is 18.3. The highest BCUT2D eigenvalue weighted by molar-refractivity contribution is 5.76. The molecule has 0 bridgehead atoms. The Morgan fingerprint density at radius 1 is 1.12 bits per heavy atom. The van der Waals surface area contributed by atoms with E-state index in [1.54, 1.807) is 0 Å². The van der Waals surface area contributed by atoms with Crippen LogP contribution in [0.3, 0.4) is 0 Å². The van der Waals surface area contributed by atoms with Gasteiger partial charge in [0.1, 0.15) is 18.3 Å². The SMILES string of the molecule is CC(C)NC(=O)NCC1OC(CC(=O)NCCN(C)C)C(O)C1O. The van der Waals surface area contributed by atoms with Gasteiger partial charge < -0.3 is 35.8 Å². The summed E-state index contributed by atoms with van der Waals surface area (Å²) in [5.74, 6) is -0.251. The molecule has 140 valence electrons. The lowest BCUT2D eigenvalue weighted by Crippen LogP contribution is -2.45. The quantitative estimate of drug-likeness (QED) is 0.355. The number of aliphatic hydroxyl groups is 2. The second kappa shape index (κ2) is 9.77. The van der Waals surface area contributed by atoms with E-state index in [9.17, 15) is 19.8 Å². The summed E-state index contributed by atoms with van der Waals surface area (Å²) in [6.45, 7) is 4.91. The molecule has 4 unspecified atom stereocenters. The summed E-state index contributed by atoms with van der Waals surface area (Å²) in [7, 11) is 3.80. The Balaban J connectivity index is 2.38. The van der Waals surface area contributed by atoms with E-state index < -0.39 is 24.4 Å². The minimum Gasteiger partial charge on any atom is -0.388 e. The van der Waals surface area contributed by atoms with Crippen molar-refractivity contribution in [2.24, 2.45) is 0 Å². The number of amides is 3. The fourth-order valence-electron chi connectivity index (χ4n) is 2.34. The lowest BCUT2D eigenvalue weighted by molar-refractivity contribution is -0.125. The van der Waals surface area contributed by atoms with Gasteiger partial charge in [0.05, 0.1) is 12.5 Å². The van der Waals surface area contributed by atoms with Gasteiger partial charge in [-0.25, -0.2) is 4.79 Å². The third-order valence-electron chi connectivity index (χ3n) is 3.61. The third-order valence-corrected chi connectivity index (χ3v) is 3.61. The molecule has 0 aliphatic carbocycles. The van der Waals surface area contributed by atoms with Crippen molar-refractivity contribution >= 4 is 11.9 Å². The average molecular weight is 346 g/mol. The Morgan fingerprint density at radius 3 is 2.33 bits per heavy atom. The summed E-state index contributed by atoms with van der Waals surface area (Å²) >= 11 is 0. The van der Waals surface area contributed by atoms with E-state index in [4.69, 9.17) is 4.74 Å². The standard InChI is InChI=1S/C15H30N4O5/c1-9(2)18-15(23)17-8-11-14(22)13(21)10(24-11)7-12(20)16-5-6-19(3)4/h9-11,13-14,21-22H,5-8H2,1-4H3,(H,16,20)(H2,17,18,23). The number of urea groups is 1. The first-order valence-electron chi connectivity index (χ1n) is 8.18. The highest BCUT2D eigenvalue weighted by Gasteiger charge is 2.43. The number of aliphatic hydroxyl groups excluding tert-OH is 2. The summed E-state index contributed by atoms with van der Waals surface area (Å²) in [5.41, 5.74) is 0. The van der Waals surface area contributed by atoms with Crippen LogP contribution in [0.1, 0.15) is 20.3 Å². The Morgan fingerprint density at radius 2 is 1.75 bits per heavy atom. The molecule has 1 rings (SSSR count). The van der Waals surface area contributed by atoms with Crippen molar-refractivity contribution in [1.29, 1.82) is 0 Å². The van der Waals surface area contributed by atoms with E-state index in [-0.39, 0.29) is 30.9 Å². The van der Waals surface area contributed by atoms with Gasteiger partial charge in [-0.3, -0.25) is 4.79 Å². The molecule has 0 aromatic carbocycles. The van der Waals surface area contributed by atoms with Gasteiger partial charge in [-0.15, -0.1) is 0 Å². The predicted molar refractivity (Wildman–Crippen MR) is 88.5 cm³/mol. The van der Waals surface area contributed by atoms with E-state index in [1.807, 2.05) is 32.8 Å². The summed E-state index contributed by atoms with van der Waals surface area (Å²) in [5, 5.41) is 28.0. The Kier molecular flexibility index (Phi) is 8.40. The van der Waals surface area contributed by atoms with Crippen molar-refractivity contribution < 1.29 is 24.5 Å². The molecular weight excluding hydrogens is 316 g/mol. The van der Waals surface area contributed by atoms with Gasteiger partial charge in [0.25, 0.3) is 0 Å². The minimum atomic E-state index is -1.16. The van der Waals surface area contributed by atoms with Gasteiger partial charge in [0, 0.05) is 25.7 Å². The number of ether oxygens (including phenoxy) is 1. The van der Waals surface area contributed by atoms with Crippen LogP contribution < -0.4 is 16.0 Å². The van der Waals surface area contributed by atoms with Crippen LogP contribution in [0.25, 0.3) is 0 Å². The zero-order valence-electron chi connectivity index (χ0n) is 14.8. The van der Waals surface area contributed by atoms with E-state index in [2.05, 4.69) is 16.0 Å². The lowest BCUT2D eigenvalue weighted by Gasteiger charge is -2.16. The highest BCUT2D eigenvalue weighted by Crippen LogP contribution is 2.23. The predicted octanol–water partition coefficient (Wildman–Crippen LogP) is -1.75. The third kappa shape index (κ3) is 7.00. The number of rotatable bonds is 8. The van der Waals surface area contributed by atoms with Crippen LogP contribution >= 0.6 is 0 Å². The second-order valence-electron chi connectivity index (χ2n) is 6.56. The largest absolute Gasteiger partial charge is 0.388 e. The average Bonchev–Trinajstić information content (AvgIpc) is 2.72. The normalized spacial score (nSPS) is 26.7. The van der Waals surface area contributed by atoms with Gasteiger partial charge in [-0.1, -0.05) is 0 Å². The lowest BCUT2D eigenvalue weighted by atomic mass is 10.1. The number of likely N-dealkylation sites (N-methyl/N-ethyl adjacent to an activating group) is 1. The van der Waals surface area contributed by atoms with Gasteiger partial charge in [0.2, 0.25) is 5.91 Å². The van der Waals surface area contributed by atoms with Crippen LogP contribution in [-0.4, -0.2) is 91.2 Å². The molecule has 0 aromatic heterocycles. The van der Waals surface area contributed by atoms with Crippen LogP contribution in [0.4, 0.5) is 4.79 Å². The van der Waals surface area contributed by atoms with Crippen LogP contribution in [0.2, 0.25) is 0 Å². The number of carbonyl (C=O) groups excluding carboxylic acids is 2. The topological polar surface area (TPSA) is 123 Å². The van der Waals surface area contributed by atoms with Crippen molar-refractivity contribution in [2.75, 3.05) is 33.7 Å². The van der Waals surface area contributed by atoms with E-state index >= 15 is 0 Å². The van der Waals surface area contributed by atoms with Gasteiger partial charge in [0.15, 0.2) is 0 Å². The molecule has 1 aliphatic heterocycles. The van der Waals surface area contributed by atoms with Crippen molar-refractivity contribution in [3.8, 4) is 0 Å². The van der Waals surface area contributed by atoms with Gasteiger partial charge >= 0.3 is 6.03 Å². The Hall–Kier alpha value is -1.42. The van der Waals surface area contributed by atoms with E-state index in [1.165, 1.54) is 0 Å². The highest BCUT2D eigenvalue weighted by atomic mass is 16.5. The van der Waals surface area contributed by atoms with Crippen molar-refractivity contribution in [2.45, 2.75) is 50.7 Å². The van der Waals surface area contributed by atoms with Crippen LogP contribution in [0.5, 0.6) is 0 Å². The maximum absolute atomic E-state index is 11.8. The molecule has 1 saturated heterocycles. The maximum Gasteiger partial charge on any atom is 0.315 e. The number of hydrogen-bond donors (Lipinski definition) is 5. The van der Waals surface area contributed by atoms with Gasteiger partial charge in [-0.05, 0) is 27.9 Å². The van der Waals surface area contributed by atoms with Crippen molar-refractivity contribution in [3.63, 3.8) is 0 Å². The first-order chi connectivity index (χ1) is 11.2. The number of hydrogen-bond acceptors (Lipinski definition) is 6. The van der Waals surface area contributed by atoms with Crippen LogP contribution in [0, 0.1) is 0 Å². The number of nitrogens with zero attached hydrogens (tertiary/aromatic N) is 1. The molecule has 0 aromatic rings. The van der Waals surface area contributed by atoms with E-state index in [0.29, 0.717) is 13.1 Å².